The molecule has 0 saturated carbocycles. The van der Waals surface area contributed by atoms with E-state index in [0.717, 1.165) is 17.4 Å². The molecule has 12 heteroatoms. The lowest BCUT2D eigenvalue weighted by Gasteiger charge is -2.45. The SMILES string of the molecule is C[C@@H](OS(C)(=O)=O)[C@H]1C(=O)N2C(C(=O)OCc3ccccc3)=C(SCCNC(=O)OCc3ccccc3)C[C@H]12. The molecule has 2 aliphatic rings. The van der Waals surface area contributed by atoms with Crippen molar-refractivity contribution in [3.63, 3.8) is 0 Å². The van der Waals surface area contributed by atoms with E-state index >= 15 is 0 Å². The van der Waals surface area contributed by atoms with Crippen molar-refractivity contribution >= 4 is 39.8 Å². The van der Waals surface area contributed by atoms with Crippen molar-refractivity contribution in [1.82, 2.24) is 10.2 Å². The second kappa shape index (κ2) is 12.7. The van der Waals surface area contributed by atoms with Crippen LogP contribution in [0.3, 0.4) is 0 Å². The van der Waals surface area contributed by atoms with E-state index in [1.807, 2.05) is 60.7 Å². The summed E-state index contributed by atoms with van der Waals surface area (Å²) < 4.78 is 39.0. The fourth-order valence-electron chi connectivity index (χ4n) is 4.56. The number of alkyl carbamates (subject to hydrolysis) is 1. The molecule has 0 aliphatic carbocycles. The van der Waals surface area contributed by atoms with Gasteiger partial charge in [0, 0.05) is 23.6 Å². The zero-order chi connectivity index (χ0) is 28.0. The third kappa shape index (κ3) is 7.40. The first-order valence-corrected chi connectivity index (χ1v) is 15.2. The van der Waals surface area contributed by atoms with Gasteiger partial charge in [-0.05, 0) is 18.1 Å². The van der Waals surface area contributed by atoms with E-state index in [-0.39, 0.29) is 31.4 Å². The van der Waals surface area contributed by atoms with Crippen LogP contribution in [-0.2, 0) is 46.6 Å². The van der Waals surface area contributed by atoms with Crippen LogP contribution < -0.4 is 5.32 Å². The molecular weight excluding hydrogens is 544 g/mol. The molecule has 39 heavy (non-hydrogen) atoms. The van der Waals surface area contributed by atoms with E-state index in [4.69, 9.17) is 13.7 Å². The van der Waals surface area contributed by atoms with Gasteiger partial charge in [0.05, 0.1) is 24.3 Å². The minimum Gasteiger partial charge on any atom is -0.456 e. The van der Waals surface area contributed by atoms with Crippen molar-refractivity contribution in [3.05, 3.63) is 82.4 Å². The number of benzene rings is 2. The van der Waals surface area contributed by atoms with Crippen LogP contribution in [0.1, 0.15) is 24.5 Å². The third-order valence-corrected chi connectivity index (χ3v) is 8.04. The molecule has 0 bridgehead atoms. The highest BCUT2D eigenvalue weighted by Crippen LogP contribution is 2.47. The lowest BCUT2D eigenvalue weighted by atomic mass is 9.83. The van der Waals surface area contributed by atoms with E-state index in [1.165, 1.54) is 23.6 Å². The molecule has 208 valence electrons. The van der Waals surface area contributed by atoms with E-state index in [1.54, 1.807) is 0 Å². The molecule has 0 aromatic heterocycles. The lowest BCUT2D eigenvalue weighted by molar-refractivity contribution is -0.161. The topological polar surface area (TPSA) is 128 Å². The normalized spacial score (nSPS) is 19.2. The number of ether oxygens (including phenoxy) is 2. The number of nitrogens with zero attached hydrogens (tertiary/aromatic N) is 1. The van der Waals surface area contributed by atoms with Crippen LogP contribution in [0, 0.1) is 5.92 Å². The molecule has 10 nitrogen and oxygen atoms in total. The van der Waals surface area contributed by atoms with Gasteiger partial charge in [0.2, 0.25) is 5.91 Å². The summed E-state index contributed by atoms with van der Waals surface area (Å²) in [6, 6.07) is 18.1. The number of nitrogens with one attached hydrogen (secondary N) is 1. The Morgan fingerprint density at radius 2 is 1.62 bits per heavy atom. The minimum atomic E-state index is -3.76. The number of fused-ring (bicyclic) bond motifs is 1. The highest BCUT2D eigenvalue weighted by Gasteiger charge is 2.58. The maximum absolute atomic E-state index is 13.1. The summed E-state index contributed by atoms with van der Waals surface area (Å²) in [6.45, 7) is 1.99. The van der Waals surface area contributed by atoms with Crippen molar-refractivity contribution in [2.24, 2.45) is 5.92 Å². The van der Waals surface area contributed by atoms with Crippen LogP contribution in [-0.4, -0.2) is 62.0 Å². The number of rotatable bonds is 12. The maximum atomic E-state index is 13.1. The summed E-state index contributed by atoms with van der Waals surface area (Å²) in [5.41, 5.74) is 1.83. The predicted molar refractivity (Wildman–Crippen MR) is 144 cm³/mol. The first-order valence-electron chi connectivity index (χ1n) is 12.4. The molecule has 1 N–H and O–H groups in total. The van der Waals surface area contributed by atoms with Gasteiger partial charge in [-0.25, -0.2) is 9.59 Å². The van der Waals surface area contributed by atoms with E-state index in [2.05, 4.69) is 5.32 Å². The molecule has 2 aromatic carbocycles. The van der Waals surface area contributed by atoms with Crippen molar-refractivity contribution in [1.29, 1.82) is 0 Å². The summed E-state index contributed by atoms with van der Waals surface area (Å²) in [4.78, 5) is 40.2. The Balaban J connectivity index is 1.37. The molecule has 4 rings (SSSR count). The zero-order valence-corrected chi connectivity index (χ0v) is 23.2. The second-order valence-corrected chi connectivity index (χ2v) is 12.0. The summed E-state index contributed by atoms with van der Waals surface area (Å²) >= 11 is 1.33. The molecule has 1 saturated heterocycles. The predicted octanol–water partition coefficient (Wildman–Crippen LogP) is 3.20. The van der Waals surface area contributed by atoms with Gasteiger partial charge in [0.25, 0.3) is 10.1 Å². The number of carbonyl (C=O) groups excluding carboxylic acids is 3. The first-order chi connectivity index (χ1) is 18.6. The zero-order valence-electron chi connectivity index (χ0n) is 21.6. The molecule has 0 radical (unpaired) electrons. The van der Waals surface area contributed by atoms with E-state index in [9.17, 15) is 22.8 Å². The van der Waals surface area contributed by atoms with Crippen LogP contribution in [0.2, 0.25) is 0 Å². The fraction of sp³-hybridized carbons (Fsp3) is 0.370. The lowest BCUT2D eigenvalue weighted by Crippen LogP contribution is -2.62. The Kier molecular flexibility index (Phi) is 9.31. The maximum Gasteiger partial charge on any atom is 0.407 e. The number of hydrogen-bond donors (Lipinski definition) is 1. The molecule has 2 heterocycles. The second-order valence-electron chi connectivity index (χ2n) is 9.18. The van der Waals surface area contributed by atoms with E-state index in [0.29, 0.717) is 17.1 Å². The van der Waals surface area contributed by atoms with E-state index < -0.39 is 40.2 Å². The molecule has 2 aliphatic heterocycles. The van der Waals surface area contributed by atoms with Crippen LogP contribution >= 0.6 is 11.8 Å². The Morgan fingerprint density at radius 1 is 1.03 bits per heavy atom. The van der Waals surface area contributed by atoms with Gasteiger partial charge < -0.3 is 19.7 Å². The summed E-state index contributed by atoms with van der Waals surface area (Å²) in [5, 5.41) is 2.68. The molecule has 3 atom stereocenters. The van der Waals surface area contributed by atoms with Gasteiger partial charge in [0.1, 0.15) is 18.9 Å². The van der Waals surface area contributed by atoms with Gasteiger partial charge in [-0.3, -0.25) is 8.98 Å². The van der Waals surface area contributed by atoms with Gasteiger partial charge >= 0.3 is 12.1 Å². The Morgan fingerprint density at radius 3 is 2.21 bits per heavy atom. The summed E-state index contributed by atoms with van der Waals surface area (Å²) in [7, 11) is -3.76. The minimum absolute atomic E-state index is 0.0413. The van der Waals surface area contributed by atoms with Crippen LogP contribution in [0.25, 0.3) is 0 Å². The van der Waals surface area contributed by atoms with Crippen LogP contribution in [0.15, 0.2) is 71.3 Å². The molecule has 1 fully saturated rings. The number of hydrogen-bond acceptors (Lipinski definition) is 9. The monoisotopic (exact) mass is 574 g/mol. The van der Waals surface area contributed by atoms with Gasteiger partial charge in [-0.1, -0.05) is 60.7 Å². The number of amides is 2. The van der Waals surface area contributed by atoms with Crippen LogP contribution in [0.4, 0.5) is 4.79 Å². The molecule has 0 spiro atoms. The average molecular weight is 575 g/mol. The van der Waals surface area contributed by atoms with Crippen LogP contribution in [0.5, 0.6) is 0 Å². The van der Waals surface area contributed by atoms with Gasteiger partial charge in [0.15, 0.2) is 0 Å². The number of carbonyl (C=O) groups is 3. The molecule has 2 amide bonds. The van der Waals surface area contributed by atoms with Crippen molar-refractivity contribution in [2.45, 2.75) is 38.7 Å². The number of thioether (sulfide) groups is 1. The van der Waals surface area contributed by atoms with Crippen molar-refractivity contribution in [2.75, 3.05) is 18.6 Å². The molecular formula is C27H30N2O8S2. The smallest absolute Gasteiger partial charge is 0.407 e. The largest absolute Gasteiger partial charge is 0.456 e. The highest BCUT2D eigenvalue weighted by atomic mass is 32.2. The summed E-state index contributed by atoms with van der Waals surface area (Å²) in [5.74, 6) is -1.32. The quantitative estimate of drug-likeness (QED) is 0.176. The Bertz CT molecular complexity index is 1330. The number of β-lactam (4-membered cyclic amide) rings is 1. The van der Waals surface area contributed by atoms with Crippen molar-refractivity contribution < 1.29 is 36.5 Å². The summed E-state index contributed by atoms with van der Waals surface area (Å²) in [6.07, 6.45) is -0.149. The third-order valence-electron chi connectivity index (χ3n) is 6.27. The van der Waals surface area contributed by atoms with Gasteiger partial charge in [-0.2, -0.15) is 8.42 Å². The Hall–Kier alpha value is -3.35. The van der Waals surface area contributed by atoms with Gasteiger partial charge in [-0.15, -0.1) is 11.8 Å². The average Bonchev–Trinajstić information content (AvgIpc) is 3.22. The molecule has 2 aromatic rings. The fourth-order valence-corrected chi connectivity index (χ4v) is 6.29. The van der Waals surface area contributed by atoms with Crippen molar-refractivity contribution in [3.8, 4) is 0 Å². The number of esters is 1. The Labute approximate surface area is 231 Å². The highest BCUT2D eigenvalue weighted by molar-refractivity contribution is 8.03. The molecule has 0 unspecified atom stereocenters. The standard InChI is InChI=1S/C27H30N2O8S2/c1-18(37-39(2,33)34)23-21-15-22(38-14-13-28-27(32)36-17-20-11-7-4-8-12-20)24(29(21)25(23)30)26(31)35-16-19-9-5-3-6-10-19/h3-12,18,21,23H,13-17H2,1-2H3,(H,28,32)/t18-,21-,23-/m1/s1. The first kappa shape index (κ1) is 28.7.